The van der Waals surface area contributed by atoms with E-state index in [9.17, 15) is 4.39 Å². The van der Waals surface area contributed by atoms with Crippen LogP contribution in [0.3, 0.4) is 0 Å². The van der Waals surface area contributed by atoms with Crippen molar-refractivity contribution in [2.24, 2.45) is 0 Å². The SMILES string of the molecule is CN1CCC(F)C1c1ccc(O)cc1. The summed E-state index contributed by atoms with van der Waals surface area (Å²) in [5, 5.41) is 9.12. The average Bonchev–Trinajstić information content (AvgIpc) is 2.49. The number of likely N-dealkylation sites (tertiary alicyclic amines) is 1. The van der Waals surface area contributed by atoms with Crippen LogP contribution in [0.1, 0.15) is 18.0 Å². The Morgan fingerprint density at radius 3 is 2.50 bits per heavy atom. The Kier molecular flexibility index (Phi) is 2.42. The molecule has 2 unspecified atom stereocenters. The van der Waals surface area contributed by atoms with Crippen LogP contribution < -0.4 is 0 Å². The number of benzene rings is 1. The second kappa shape index (κ2) is 3.58. The van der Waals surface area contributed by atoms with Crippen molar-refractivity contribution in [3.8, 4) is 5.75 Å². The van der Waals surface area contributed by atoms with Crippen molar-refractivity contribution in [3.63, 3.8) is 0 Å². The molecule has 1 aliphatic heterocycles. The zero-order valence-corrected chi connectivity index (χ0v) is 8.15. The molecule has 2 nitrogen and oxygen atoms in total. The fourth-order valence-electron chi connectivity index (χ4n) is 2.03. The zero-order chi connectivity index (χ0) is 10.1. The highest BCUT2D eigenvalue weighted by molar-refractivity contribution is 5.29. The van der Waals surface area contributed by atoms with Gasteiger partial charge < -0.3 is 5.11 Å². The molecule has 1 saturated heterocycles. The lowest BCUT2D eigenvalue weighted by Crippen LogP contribution is -2.21. The van der Waals surface area contributed by atoms with E-state index in [4.69, 9.17) is 5.11 Å². The van der Waals surface area contributed by atoms with Crippen molar-refractivity contribution in [3.05, 3.63) is 29.8 Å². The number of halogens is 1. The molecule has 1 N–H and O–H groups in total. The molecule has 1 aromatic carbocycles. The van der Waals surface area contributed by atoms with Gasteiger partial charge in [0.2, 0.25) is 0 Å². The van der Waals surface area contributed by atoms with Gasteiger partial charge in [-0.2, -0.15) is 0 Å². The van der Waals surface area contributed by atoms with E-state index in [2.05, 4.69) is 0 Å². The van der Waals surface area contributed by atoms with Gasteiger partial charge in [-0.15, -0.1) is 0 Å². The first-order valence-electron chi connectivity index (χ1n) is 4.82. The molecule has 0 bridgehead atoms. The third-order valence-corrected chi connectivity index (χ3v) is 2.81. The number of hydrogen-bond acceptors (Lipinski definition) is 2. The summed E-state index contributed by atoms with van der Waals surface area (Å²) in [5.41, 5.74) is 0.940. The van der Waals surface area contributed by atoms with Crippen LogP contribution in [0.5, 0.6) is 5.75 Å². The van der Waals surface area contributed by atoms with Crippen LogP contribution in [0, 0.1) is 0 Å². The first kappa shape index (κ1) is 9.46. The van der Waals surface area contributed by atoms with Crippen molar-refractivity contribution in [2.45, 2.75) is 18.6 Å². The number of phenolic OH excluding ortho intramolecular Hbond substituents is 1. The Balaban J connectivity index is 2.25. The Labute approximate surface area is 83.0 Å². The van der Waals surface area contributed by atoms with Crippen molar-refractivity contribution >= 4 is 0 Å². The summed E-state index contributed by atoms with van der Waals surface area (Å²) in [6, 6.07) is 6.64. The Morgan fingerprint density at radius 1 is 1.36 bits per heavy atom. The molecule has 0 amide bonds. The van der Waals surface area contributed by atoms with Gasteiger partial charge in [-0.05, 0) is 31.2 Å². The number of nitrogens with zero attached hydrogens (tertiary/aromatic N) is 1. The van der Waals surface area contributed by atoms with Gasteiger partial charge in [0.1, 0.15) is 11.9 Å². The first-order chi connectivity index (χ1) is 6.68. The smallest absolute Gasteiger partial charge is 0.121 e. The standard InChI is InChI=1S/C11H14FNO/c1-13-7-6-10(12)11(13)8-2-4-9(14)5-3-8/h2-5,10-11,14H,6-7H2,1H3. The van der Waals surface area contributed by atoms with E-state index in [1.165, 1.54) is 0 Å². The monoisotopic (exact) mass is 195 g/mol. The summed E-state index contributed by atoms with van der Waals surface area (Å²) in [6.45, 7) is 0.798. The van der Waals surface area contributed by atoms with Crippen LogP contribution in [-0.2, 0) is 0 Å². The molecule has 0 radical (unpaired) electrons. The lowest BCUT2D eigenvalue weighted by Gasteiger charge is -2.21. The summed E-state index contributed by atoms with van der Waals surface area (Å²) in [6.07, 6.45) is -0.188. The normalized spacial score (nSPS) is 28.1. The second-order valence-electron chi connectivity index (χ2n) is 3.82. The minimum atomic E-state index is -0.787. The largest absolute Gasteiger partial charge is 0.508 e. The molecule has 2 rings (SSSR count). The second-order valence-corrected chi connectivity index (χ2v) is 3.82. The topological polar surface area (TPSA) is 23.5 Å². The molecule has 0 spiro atoms. The summed E-state index contributed by atoms with van der Waals surface area (Å²) in [5.74, 6) is 0.227. The van der Waals surface area contributed by atoms with Gasteiger partial charge in [0.15, 0.2) is 0 Å². The Hall–Kier alpha value is -1.09. The number of hydrogen-bond donors (Lipinski definition) is 1. The molecular weight excluding hydrogens is 181 g/mol. The molecule has 1 heterocycles. The molecule has 3 heteroatoms. The lowest BCUT2D eigenvalue weighted by atomic mass is 10.0. The van der Waals surface area contributed by atoms with E-state index >= 15 is 0 Å². The fourth-order valence-corrected chi connectivity index (χ4v) is 2.03. The van der Waals surface area contributed by atoms with E-state index in [1.54, 1.807) is 24.3 Å². The first-order valence-corrected chi connectivity index (χ1v) is 4.82. The van der Waals surface area contributed by atoms with Gasteiger partial charge in [0, 0.05) is 6.54 Å². The van der Waals surface area contributed by atoms with Gasteiger partial charge in [0.25, 0.3) is 0 Å². The molecule has 1 fully saturated rings. The maximum Gasteiger partial charge on any atom is 0.121 e. The maximum absolute atomic E-state index is 13.5. The van der Waals surface area contributed by atoms with Crippen molar-refractivity contribution < 1.29 is 9.50 Å². The third kappa shape index (κ3) is 1.60. The van der Waals surface area contributed by atoms with E-state index in [-0.39, 0.29) is 11.8 Å². The van der Waals surface area contributed by atoms with E-state index in [0.29, 0.717) is 6.42 Å². The molecule has 0 aromatic heterocycles. The molecule has 1 aromatic rings. The van der Waals surface area contributed by atoms with Gasteiger partial charge in [-0.25, -0.2) is 4.39 Å². The van der Waals surface area contributed by atoms with Crippen molar-refractivity contribution in [2.75, 3.05) is 13.6 Å². The summed E-state index contributed by atoms with van der Waals surface area (Å²) >= 11 is 0. The van der Waals surface area contributed by atoms with Gasteiger partial charge >= 0.3 is 0 Å². The Bertz CT molecular complexity index is 302. The summed E-state index contributed by atoms with van der Waals surface area (Å²) in [4.78, 5) is 2.01. The number of phenols is 1. The van der Waals surface area contributed by atoms with Crippen LogP contribution >= 0.6 is 0 Å². The zero-order valence-electron chi connectivity index (χ0n) is 8.15. The molecule has 14 heavy (non-hydrogen) atoms. The molecular formula is C11H14FNO. The Morgan fingerprint density at radius 2 is 2.00 bits per heavy atom. The van der Waals surface area contributed by atoms with Crippen molar-refractivity contribution in [1.29, 1.82) is 0 Å². The highest BCUT2D eigenvalue weighted by atomic mass is 19.1. The van der Waals surface area contributed by atoms with Crippen molar-refractivity contribution in [1.82, 2.24) is 4.90 Å². The molecule has 1 aliphatic rings. The number of alkyl halides is 1. The van der Waals surface area contributed by atoms with Crippen LogP contribution in [0.15, 0.2) is 24.3 Å². The van der Waals surface area contributed by atoms with Crippen LogP contribution in [0.4, 0.5) is 4.39 Å². The number of rotatable bonds is 1. The average molecular weight is 195 g/mol. The minimum absolute atomic E-state index is 0.143. The highest BCUT2D eigenvalue weighted by Crippen LogP contribution is 2.33. The predicted molar refractivity (Wildman–Crippen MR) is 53.0 cm³/mol. The maximum atomic E-state index is 13.5. The predicted octanol–water partition coefficient (Wildman–Crippen LogP) is 2.11. The van der Waals surface area contributed by atoms with Crippen LogP contribution in [-0.4, -0.2) is 29.8 Å². The van der Waals surface area contributed by atoms with E-state index < -0.39 is 6.17 Å². The molecule has 2 atom stereocenters. The highest BCUT2D eigenvalue weighted by Gasteiger charge is 2.32. The summed E-state index contributed by atoms with van der Waals surface area (Å²) in [7, 11) is 1.93. The number of aromatic hydroxyl groups is 1. The van der Waals surface area contributed by atoms with Gasteiger partial charge in [-0.3, -0.25) is 4.90 Å². The van der Waals surface area contributed by atoms with Gasteiger partial charge in [-0.1, -0.05) is 12.1 Å². The van der Waals surface area contributed by atoms with E-state index in [1.807, 2.05) is 11.9 Å². The third-order valence-electron chi connectivity index (χ3n) is 2.81. The van der Waals surface area contributed by atoms with E-state index in [0.717, 1.165) is 12.1 Å². The van der Waals surface area contributed by atoms with Crippen LogP contribution in [0.2, 0.25) is 0 Å². The quantitative estimate of drug-likeness (QED) is 0.741. The molecule has 76 valence electrons. The summed E-state index contributed by atoms with van der Waals surface area (Å²) < 4.78 is 13.5. The lowest BCUT2D eigenvalue weighted by molar-refractivity contribution is 0.225. The fraction of sp³-hybridized carbons (Fsp3) is 0.455. The van der Waals surface area contributed by atoms with Gasteiger partial charge in [0.05, 0.1) is 6.04 Å². The minimum Gasteiger partial charge on any atom is -0.508 e. The molecule has 0 saturated carbocycles. The van der Waals surface area contributed by atoms with Crippen LogP contribution in [0.25, 0.3) is 0 Å². The molecule has 0 aliphatic carbocycles.